The van der Waals surface area contributed by atoms with Crippen LogP contribution in [-0.4, -0.2) is 23.7 Å². The Labute approximate surface area is 116 Å². The average molecular weight is 306 g/mol. The van der Waals surface area contributed by atoms with E-state index in [9.17, 15) is 27.2 Å². The summed E-state index contributed by atoms with van der Waals surface area (Å²) in [6.07, 6.45) is -0.290. The lowest BCUT2D eigenvalue weighted by Crippen LogP contribution is -2.26. The van der Waals surface area contributed by atoms with Crippen LogP contribution in [0.15, 0.2) is 0 Å². The number of carbonyl (C=O) groups excluding carboxylic acids is 1. The molecular weight excluding hydrogens is 296 g/mol. The van der Waals surface area contributed by atoms with Gasteiger partial charge in [0.1, 0.15) is 5.56 Å². The van der Waals surface area contributed by atoms with E-state index in [0.717, 1.165) is 0 Å². The van der Waals surface area contributed by atoms with E-state index in [2.05, 4.69) is 4.74 Å². The summed E-state index contributed by atoms with van der Waals surface area (Å²) in [6.45, 7) is 1.10. The molecule has 4 nitrogen and oxygen atoms in total. The second kappa shape index (κ2) is 5.01. The molecule has 1 aromatic carbocycles. The molecule has 0 spiro atoms. The predicted molar refractivity (Wildman–Crippen MR) is 60.8 cm³/mol. The van der Waals surface area contributed by atoms with Gasteiger partial charge in [0.2, 0.25) is 0 Å². The van der Waals surface area contributed by atoms with Crippen LogP contribution in [0, 0.1) is 23.3 Å². The van der Waals surface area contributed by atoms with Crippen molar-refractivity contribution >= 4 is 11.9 Å². The molecule has 21 heavy (non-hydrogen) atoms. The number of esters is 1. The fraction of sp³-hybridized carbons (Fsp3) is 0.385. The van der Waals surface area contributed by atoms with Gasteiger partial charge in [0.25, 0.3) is 0 Å². The first-order valence-corrected chi connectivity index (χ1v) is 6.04. The van der Waals surface area contributed by atoms with Gasteiger partial charge < -0.3 is 9.84 Å². The molecule has 2 rings (SSSR count). The molecule has 0 radical (unpaired) electrons. The quantitative estimate of drug-likeness (QED) is 0.527. The van der Waals surface area contributed by atoms with E-state index in [1.54, 1.807) is 0 Å². The first kappa shape index (κ1) is 15.3. The lowest BCUT2D eigenvalue weighted by molar-refractivity contribution is -0.140. The number of halogens is 4. The third-order valence-corrected chi connectivity index (χ3v) is 3.38. The van der Waals surface area contributed by atoms with Crippen LogP contribution in [0.25, 0.3) is 0 Å². The maximum Gasteiger partial charge on any atom is 0.344 e. The molecule has 0 atom stereocenters. The van der Waals surface area contributed by atoms with Crippen molar-refractivity contribution in [1.82, 2.24) is 0 Å². The number of carbonyl (C=O) groups is 2. The Morgan fingerprint density at radius 2 is 1.57 bits per heavy atom. The first-order valence-electron chi connectivity index (χ1n) is 6.04. The number of hydrogen-bond donors (Lipinski definition) is 1. The van der Waals surface area contributed by atoms with E-state index in [1.165, 1.54) is 6.92 Å². The molecule has 1 N–H and O–H groups in total. The summed E-state index contributed by atoms with van der Waals surface area (Å²) in [5, 5.41) is 8.98. The Balaban J connectivity index is 2.68. The summed E-state index contributed by atoms with van der Waals surface area (Å²) in [5.41, 5.74) is -4.68. The van der Waals surface area contributed by atoms with Crippen molar-refractivity contribution < 1.29 is 37.0 Å². The molecule has 1 aromatic rings. The fourth-order valence-electron chi connectivity index (χ4n) is 2.13. The van der Waals surface area contributed by atoms with Gasteiger partial charge in [-0.1, -0.05) is 0 Å². The summed E-state index contributed by atoms with van der Waals surface area (Å²) >= 11 is 0. The maximum absolute atomic E-state index is 13.9. The van der Waals surface area contributed by atoms with Crippen LogP contribution in [0.3, 0.4) is 0 Å². The minimum absolute atomic E-state index is 0.145. The van der Waals surface area contributed by atoms with E-state index in [4.69, 9.17) is 5.11 Å². The molecular formula is C13H10F4O4. The second-order valence-corrected chi connectivity index (χ2v) is 4.61. The van der Waals surface area contributed by atoms with E-state index in [0.29, 0.717) is 0 Å². The topological polar surface area (TPSA) is 63.6 Å². The zero-order chi connectivity index (χ0) is 15.9. The van der Waals surface area contributed by atoms with Crippen molar-refractivity contribution in [2.45, 2.75) is 25.2 Å². The Bertz CT molecular complexity index is 609. The zero-order valence-corrected chi connectivity index (χ0v) is 10.8. The molecule has 0 heterocycles. The minimum atomic E-state index is -1.98. The van der Waals surface area contributed by atoms with E-state index < -0.39 is 51.7 Å². The SMILES string of the molecule is CCOC(=O)c1c(F)c(F)c(C2(C(=O)O)CC2)c(F)c1F. The highest BCUT2D eigenvalue weighted by Crippen LogP contribution is 2.51. The van der Waals surface area contributed by atoms with Crippen LogP contribution in [0.1, 0.15) is 35.7 Å². The second-order valence-electron chi connectivity index (χ2n) is 4.61. The number of hydrogen-bond acceptors (Lipinski definition) is 3. The fourth-order valence-corrected chi connectivity index (χ4v) is 2.13. The average Bonchev–Trinajstić information content (AvgIpc) is 3.19. The Morgan fingerprint density at radius 3 is 1.90 bits per heavy atom. The van der Waals surface area contributed by atoms with Crippen LogP contribution in [0.4, 0.5) is 17.6 Å². The number of ether oxygens (including phenoxy) is 1. The van der Waals surface area contributed by atoms with Crippen LogP contribution in [0.2, 0.25) is 0 Å². The molecule has 0 bridgehead atoms. The van der Waals surface area contributed by atoms with Gasteiger partial charge in [-0.3, -0.25) is 4.79 Å². The molecule has 114 valence electrons. The third-order valence-electron chi connectivity index (χ3n) is 3.38. The Morgan fingerprint density at radius 1 is 1.10 bits per heavy atom. The third kappa shape index (κ3) is 2.14. The lowest BCUT2D eigenvalue weighted by Gasteiger charge is -2.15. The zero-order valence-electron chi connectivity index (χ0n) is 10.8. The van der Waals surface area contributed by atoms with Gasteiger partial charge in [0.05, 0.1) is 12.0 Å². The van der Waals surface area contributed by atoms with E-state index in [-0.39, 0.29) is 19.4 Å². The molecule has 0 unspecified atom stereocenters. The highest BCUT2D eigenvalue weighted by atomic mass is 19.2. The minimum Gasteiger partial charge on any atom is -0.481 e. The molecule has 0 saturated heterocycles. The summed E-state index contributed by atoms with van der Waals surface area (Å²) in [7, 11) is 0. The molecule has 1 aliphatic rings. The van der Waals surface area contributed by atoms with Crippen molar-refractivity contribution in [2.24, 2.45) is 0 Å². The van der Waals surface area contributed by atoms with Crippen LogP contribution >= 0.6 is 0 Å². The highest BCUT2D eigenvalue weighted by Gasteiger charge is 2.56. The molecule has 1 saturated carbocycles. The van der Waals surface area contributed by atoms with Crippen molar-refractivity contribution in [3.63, 3.8) is 0 Å². The monoisotopic (exact) mass is 306 g/mol. The van der Waals surface area contributed by atoms with E-state index >= 15 is 0 Å². The number of carboxylic acid groups (broad SMARTS) is 1. The number of carboxylic acids is 1. The van der Waals surface area contributed by atoms with Crippen molar-refractivity contribution in [2.75, 3.05) is 6.61 Å². The molecule has 0 aliphatic heterocycles. The lowest BCUT2D eigenvalue weighted by atomic mass is 9.93. The number of rotatable bonds is 4. The van der Waals surface area contributed by atoms with Crippen molar-refractivity contribution in [3.05, 3.63) is 34.4 Å². The van der Waals surface area contributed by atoms with Gasteiger partial charge in [-0.05, 0) is 19.8 Å². The molecule has 1 aliphatic carbocycles. The van der Waals surface area contributed by atoms with Crippen LogP contribution in [-0.2, 0) is 14.9 Å². The van der Waals surface area contributed by atoms with Gasteiger partial charge in [0, 0.05) is 5.56 Å². The summed E-state index contributed by atoms with van der Waals surface area (Å²) in [5.74, 6) is -10.8. The summed E-state index contributed by atoms with van der Waals surface area (Å²) in [4.78, 5) is 22.4. The molecule has 1 fully saturated rings. The van der Waals surface area contributed by atoms with E-state index in [1.807, 2.05) is 0 Å². The van der Waals surface area contributed by atoms with Crippen LogP contribution < -0.4 is 0 Å². The maximum atomic E-state index is 13.9. The Hall–Kier alpha value is -2.12. The van der Waals surface area contributed by atoms with Crippen LogP contribution in [0.5, 0.6) is 0 Å². The number of benzene rings is 1. The largest absolute Gasteiger partial charge is 0.481 e. The summed E-state index contributed by atoms with van der Waals surface area (Å²) < 4.78 is 59.9. The van der Waals surface area contributed by atoms with Crippen molar-refractivity contribution in [1.29, 1.82) is 0 Å². The molecule has 0 amide bonds. The first-order chi connectivity index (χ1) is 9.77. The predicted octanol–water partition coefficient (Wildman–Crippen LogP) is 2.54. The van der Waals surface area contributed by atoms with Crippen molar-refractivity contribution in [3.8, 4) is 0 Å². The standard InChI is InChI=1S/C13H10F4O4/c1-2-21-11(18)5-7(14)9(16)6(10(17)8(5)15)13(3-4-13)12(19)20/h2-4H2,1H3,(H,19,20). The molecule has 8 heteroatoms. The number of aliphatic carboxylic acids is 1. The van der Waals surface area contributed by atoms with Gasteiger partial charge >= 0.3 is 11.9 Å². The van der Waals surface area contributed by atoms with Gasteiger partial charge in [0.15, 0.2) is 23.3 Å². The highest BCUT2D eigenvalue weighted by molar-refractivity contribution is 5.91. The molecule has 0 aromatic heterocycles. The van der Waals surface area contributed by atoms with Gasteiger partial charge in [-0.2, -0.15) is 0 Å². The summed E-state index contributed by atoms with van der Waals surface area (Å²) in [6, 6.07) is 0. The normalized spacial score (nSPS) is 15.7. The van der Waals surface area contributed by atoms with Gasteiger partial charge in [-0.25, -0.2) is 22.4 Å². The Kier molecular flexibility index (Phi) is 3.65. The van der Waals surface area contributed by atoms with Gasteiger partial charge in [-0.15, -0.1) is 0 Å². The smallest absolute Gasteiger partial charge is 0.344 e.